The highest BCUT2D eigenvalue weighted by atomic mass is 19.1. The van der Waals surface area contributed by atoms with Crippen LogP contribution >= 0.6 is 0 Å². The standard InChI is InChI=1S/C16H23FN2O2/c1-10-5-7-12(10)18-14-9-11(17)6-8-13(14)19-15(20)21-16(2,3)4/h6,8-10,12,18H,5,7H2,1-4H3,(H,19,20). The van der Waals surface area contributed by atoms with E-state index in [1.807, 2.05) is 0 Å². The van der Waals surface area contributed by atoms with Crippen LogP contribution in [-0.4, -0.2) is 17.7 Å². The van der Waals surface area contributed by atoms with Crippen molar-refractivity contribution in [1.82, 2.24) is 0 Å². The Kier molecular flexibility index (Phi) is 4.40. The molecule has 5 heteroatoms. The number of hydrogen-bond acceptors (Lipinski definition) is 3. The number of carbonyl (C=O) groups is 1. The quantitative estimate of drug-likeness (QED) is 0.869. The van der Waals surface area contributed by atoms with Gasteiger partial charge in [-0.25, -0.2) is 9.18 Å². The summed E-state index contributed by atoms with van der Waals surface area (Å²) in [6.07, 6.45) is 1.68. The lowest BCUT2D eigenvalue weighted by Crippen LogP contribution is -2.36. The Morgan fingerprint density at radius 2 is 2.00 bits per heavy atom. The molecule has 21 heavy (non-hydrogen) atoms. The van der Waals surface area contributed by atoms with E-state index < -0.39 is 11.7 Å². The third-order valence-electron chi connectivity index (χ3n) is 3.58. The van der Waals surface area contributed by atoms with E-state index in [-0.39, 0.29) is 5.82 Å². The number of anilines is 2. The molecule has 0 radical (unpaired) electrons. The monoisotopic (exact) mass is 294 g/mol. The van der Waals surface area contributed by atoms with E-state index in [4.69, 9.17) is 4.74 Å². The zero-order valence-electron chi connectivity index (χ0n) is 13.0. The van der Waals surface area contributed by atoms with Crippen LogP contribution in [0.15, 0.2) is 18.2 Å². The van der Waals surface area contributed by atoms with E-state index in [0.717, 1.165) is 6.42 Å². The second-order valence-corrected chi connectivity index (χ2v) is 6.62. The summed E-state index contributed by atoms with van der Waals surface area (Å²) in [4.78, 5) is 11.8. The molecule has 1 aromatic rings. The summed E-state index contributed by atoms with van der Waals surface area (Å²) < 4.78 is 18.7. The van der Waals surface area contributed by atoms with Gasteiger partial charge in [-0.2, -0.15) is 0 Å². The van der Waals surface area contributed by atoms with Gasteiger partial charge in [-0.05, 0) is 57.7 Å². The van der Waals surface area contributed by atoms with Gasteiger partial charge < -0.3 is 10.1 Å². The summed E-state index contributed by atoms with van der Waals surface area (Å²) in [6.45, 7) is 7.55. The third-order valence-corrected chi connectivity index (χ3v) is 3.58. The first-order valence-electron chi connectivity index (χ1n) is 7.31. The van der Waals surface area contributed by atoms with Crippen LogP contribution in [0.1, 0.15) is 40.5 Å². The Hall–Kier alpha value is -1.78. The zero-order chi connectivity index (χ0) is 15.6. The van der Waals surface area contributed by atoms with Gasteiger partial charge in [-0.3, -0.25) is 5.32 Å². The average Bonchev–Trinajstić information content (AvgIpc) is 2.34. The molecule has 1 amide bonds. The summed E-state index contributed by atoms with van der Waals surface area (Å²) in [5, 5.41) is 5.97. The van der Waals surface area contributed by atoms with Crippen molar-refractivity contribution in [2.24, 2.45) is 5.92 Å². The number of carbonyl (C=O) groups excluding carboxylic acids is 1. The molecule has 0 aromatic heterocycles. The zero-order valence-corrected chi connectivity index (χ0v) is 13.0. The van der Waals surface area contributed by atoms with E-state index in [1.54, 1.807) is 26.8 Å². The molecule has 2 atom stereocenters. The maximum absolute atomic E-state index is 13.4. The van der Waals surface area contributed by atoms with E-state index in [0.29, 0.717) is 23.3 Å². The summed E-state index contributed by atoms with van der Waals surface area (Å²) >= 11 is 0. The van der Waals surface area contributed by atoms with E-state index in [2.05, 4.69) is 17.6 Å². The molecule has 1 aromatic carbocycles. The van der Waals surface area contributed by atoms with Crippen molar-refractivity contribution < 1.29 is 13.9 Å². The highest BCUT2D eigenvalue weighted by Gasteiger charge is 2.27. The second-order valence-electron chi connectivity index (χ2n) is 6.62. The van der Waals surface area contributed by atoms with E-state index >= 15 is 0 Å². The normalized spacial score (nSPS) is 21.4. The molecular formula is C16H23FN2O2. The van der Waals surface area contributed by atoms with Crippen molar-refractivity contribution in [2.75, 3.05) is 10.6 Å². The molecule has 0 heterocycles. The van der Waals surface area contributed by atoms with Crippen LogP contribution in [0, 0.1) is 11.7 Å². The van der Waals surface area contributed by atoms with Crippen molar-refractivity contribution in [3.05, 3.63) is 24.0 Å². The minimum atomic E-state index is -0.569. The maximum Gasteiger partial charge on any atom is 0.412 e. The van der Waals surface area contributed by atoms with Crippen molar-refractivity contribution in [3.63, 3.8) is 0 Å². The molecule has 2 N–H and O–H groups in total. The fourth-order valence-electron chi connectivity index (χ4n) is 2.24. The lowest BCUT2D eigenvalue weighted by atomic mass is 9.81. The number of benzene rings is 1. The summed E-state index contributed by atoms with van der Waals surface area (Å²) in [6, 6.07) is 4.59. The molecule has 2 rings (SSSR count). The number of ether oxygens (including phenoxy) is 1. The summed E-state index contributed by atoms with van der Waals surface area (Å²) in [5.74, 6) is 0.224. The van der Waals surface area contributed by atoms with Gasteiger partial charge in [0.2, 0.25) is 0 Å². The predicted molar refractivity (Wildman–Crippen MR) is 82.1 cm³/mol. The van der Waals surface area contributed by atoms with Gasteiger partial charge in [0, 0.05) is 6.04 Å². The highest BCUT2D eigenvalue weighted by molar-refractivity contribution is 5.89. The Morgan fingerprint density at radius 1 is 1.29 bits per heavy atom. The molecule has 2 unspecified atom stereocenters. The first-order valence-corrected chi connectivity index (χ1v) is 7.31. The number of hydrogen-bond donors (Lipinski definition) is 2. The SMILES string of the molecule is CC1CCC1Nc1cc(F)ccc1NC(=O)OC(C)(C)C. The topological polar surface area (TPSA) is 50.4 Å². The van der Waals surface area contributed by atoms with Gasteiger partial charge in [-0.1, -0.05) is 6.92 Å². The van der Waals surface area contributed by atoms with Gasteiger partial charge in [0.15, 0.2) is 0 Å². The Labute approximate surface area is 125 Å². The molecule has 1 fully saturated rings. The molecule has 1 aliphatic rings. The molecular weight excluding hydrogens is 271 g/mol. The third kappa shape index (κ3) is 4.34. The largest absolute Gasteiger partial charge is 0.444 e. The number of halogens is 1. The van der Waals surface area contributed by atoms with Crippen molar-refractivity contribution in [2.45, 2.75) is 52.2 Å². The van der Waals surface area contributed by atoms with Crippen LogP contribution < -0.4 is 10.6 Å². The van der Waals surface area contributed by atoms with Gasteiger partial charge in [-0.15, -0.1) is 0 Å². The lowest BCUT2D eigenvalue weighted by molar-refractivity contribution is 0.0636. The Balaban J connectivity index is 2.09. The molecule has 1 aliphatic carbocycles. The van der Waals surface area contributed by atoms with E-state index in [9.17, 15) is 9.18 Å². The first kappa shape index (κ1) is 15.6. The summed E-state index contributed by atoms with van der Waals surface area (Å²) in [5.41, 5.74) is 0.558. The molecule has 4 nitrogen and oxygen atoms in total. The van der Waals surface area contributed by atoms with Crippen LogP contribution in [0.4, 0.5) is 20.6 Å². The number of rotatable bonds is 3. The van der Waals surface area contributed by atoms with Crippen molar-refractivity contribution in [1.29, 1.82) is 0 Å². The Bertz CT molecular complexity index is 525. The minimum Gasteiger partial charge on any atom is -0.444 e. The number of nitrogens with one attached hydrogen (secondary N) is 2. The lowest BCUT2D eigenvalue weighted by Gasteiger charge is -2.35. The van der Waals surface area contributed by atoms with Crippen LogP contribution in [0.2, 0.25) is 0 Å². The van der Waals surface area contributed by atoms with Gasteiger partial charge in [0.25, 0.3) is 0 Å². The first-order chi connectivity index (χ1) is 9.74. The molecule has 0 saturated heterocycles. The molecule has 1 saturated carbocycles. The van der Waals surface area contributed by atoms with Gasteiger partial charge >= 0.3 is 6.09 Å². The van der Waals surface area contributed by atoms with Gasteiger partial charge in [0.05, 0.1) is 11.4 Å². The predicted octanol–water partition coefficient (Wildman–Crippen LogP) is 4.38. The highest BCUT2D eigenvalue weighted by Crippen LogP contribution is 2.33. The second kappa shape index (κ2) is 5.92. The summed E-state index contributed by atoms with van der Waals surface area (Å²) in [7, 11) is 0. The smallest absolute Gasteiger partial charge is 0.412 e. The van der Waals surface area contributed by atoms with E-state index in [1.165, 1.54) is 18.6 Å². The fraction of sp³-hybridized carbons (Fsp3) is 0.562. The van der Waals surface area contributed by atoms with Crippen LogP contribution in [-0.2, 0) is 4.74 Å². The molecule has 116 valence electrons. The maximum atomic E-state index is 13.4. The minimum absolute atomic E-state index is 0.325. The molecule has 0 spiro atoms. The molecule has 0 bridgehead atoms. The molecule has 0 aliphatic heterocycles. The van der Waals surface area contributed by atoms with Crippen molar-refractivity contribution >= 4 is 17.5 Å². The average molecular weight is 294 g/mol. The number of amides is 1. The van der Waals surface area contributed by atoms with Crippen molar-refractivity contribution in [3.8, 4) is 0 Å². The van der Waals surface area contributed by atoms with Gasteiger partial charge in [0.1, 0.15) is 11.4 Å². The van der Waals surface area contributed by atoms with Crippen LogP contribution in [0.5, 0.6) is 0 Å². The Morgan fingerprint density at radius 3 is 2.52 bits per heavy atom. The van der Waals surface area contributed by atoms with Crippen LogP contribution in [0.3, 0.4) is 0 Å². The van der Waals surface area contributed by atoms with Crippen LogP contribution in [0.25, 0.3) is 0 Å². The fourth-order valence-corrected chi connectivity index (χ4v) is 2.24.